The maximum absolute atomic E-state index is 11.3. The van der Waals surface area contributed by atoms with E-state index in [1.807, 2.05) is 24.3 Å². The van der Waals surface area contributed by atoms with Gasteiger partial charge in [-0.25, -0.2) is 0 Å². The van der Waals surface area contributed by atoms with Gasteiger partial charge in [-0.1, -0.05) is 22.0 Å². The Hall–Kier alpha value is -1.07. The number of carbonyl (C=O) groups is 1. The van der Waals surface area contributed by atoms with Crippen molar-refractivity contribution in [1.82, 2.24) is 4.90 Å². The molecule has 20 heavy (non-hydrogen) atoms. The number of benzene rings is 1. The number of halogens is 1. The number of hydrogen-bond donors (Lipinski definition) is 0. The van der Waals surface area contributed by atoms with Gasteiger partial charge in [-0.15, -0.1) is 0 Å². The molecule has 4 nitrogen and oxygen atoms in total. The van der Waals surface area contributed by atoms with Crippen LogP contribution >= 0.6 is 15.9 Å². The zero-order valence-electron chi connectivity index (χ0n) is 11.7. The van der Waals surface area contributed by atoms with Crippen LogP contribution in [0.1, 0.15) is 12.8 Å². The van der Waals surface area contributed by atoms with E-state index in [1.54, 1.807) is 0 Å². The van der Waals surface area contributed by atoms with Crippen molar-refractivity contribution in [3.63, 3.8) is 0 Å². The van der Waals surface area contributed by atoms with E-state index in [0.717, 1.165) is 36.2 Å². The number of carbonyl (C=O) groups excluding carboxylic acids is 1. The molecule has 0 spiro atoms. The SMILES string of the molecule is COC(=O)CN1CCCC(COc2cccc(Br)c2)C1. The van der Waals surface area contributed by atoms with Crippen molar-refractivity contribution >= 4 is 21.9 Å². The summed E-state index contributed by atoms with van der Waals surface area (Å²) < 4.78 is 11.6. The van der Waals surface area contributed by atoms with Gasteiger partial charge in [0.05, 0.1) is 20.3 Å². The lowest BCUT2D eigenvalue weighted by Crippen LogP contribution is -2.40. The first-order chi connectivity index (χ1) is 9.67. The van der Waals surface area contributed by atoms with E-state index < -0.39 is 0 Å². The third kappa shape index (κ3) is 4.80. The van der Waals surface area contributed by atoms with Gasteiger partial charge in [-0.05, 0) is 37.6 Å². The Kier molecular flexibility index (Phi) is 5.86. The summed E-state index contributed by atoms with van der Waals surface area (Å²) in [5, 5.41) is 0. The first kappa shape index (κ1) is 15.3. The number of piperidine rings is 1. The zero-order valence-corrected chi connectivity index (χ0v) is 13.3. The standard InChI is InChI=1S/C15H20BrNO3/c1-19-15(18)10-17-7-3-4-12(9-17)11-20-14-6-2-5-13(16)8-14/h2,5-6,8,12H,3-4,7,9-11H2,1H3. The maximum Gasteiger partial charge on any atom is 0.319 e. The molecule has 1 fully saturated rings. The van der Waals surface area contributed by atoms with Gasteiger partial charge in [-0.2, -0.15) is 0 Å². The summed E-state index contributed by atoms with van der Waals surface area (Å²) in [6, 6.07) is 7.87. The van der Waals surface area contributed by atoms with Gasteiger partial charge >= 0.3 is 5.97 Å². The summed E-state index contributed by atoms with van der Waals surface area (Å²) in [6.07, 6.45) is 2.25. The Morgan fingerprint density at radius 1 is 1.50 bits per heavy atom. The van der Waals surface area contributed by atoms with Crippen LogP contribution < -0.4 is 4.74 Å². The highest BCUT2D eigenvalue weighted by Gasteiger charge is 2.22. The molecule has 1 heterocycles. The van der Waals surface area contributed by atoms with Crippen LogP contribution in [0.4, 0.5) is 0 Å². The van der Waals surface area contributed by atoms with Crippen molar-refractivity contribution in [1.29, 1.82) is 0 Å². The van der Waals surface area contributed by atoms with Crippen molar-refractivity contribution in [2.24, 2.45) is 5.92 Å². The average molecular weight is 342 g/mol. The molecule has 1 aromatic carbocycles. The molecule has 0 N–H and O–H groups in total. The van der Waals surface area contributed by atoms with E-state index >= 15 is 0 Å². The zero-order chi connectivity index (χ0) is 14.4. The summed E-state index contributed by atoms with van der Waals surface area (Å²) in [7, 11) is 1.43. The van der Waals surface area contributed by atoms with E-state index in [-0.39, 0.29) is 5.97 Å². The van der Waals surface area contributed by atoms with Crippen molar-refractivity contribution < 1.29 is 14.3 Å². The molecule has 0 aromatic heterocycles. The minimum Gasteiger partial charge on any atom is -0.493 e. The molecule has 0 bridgehead atoms. The molecule has 0 saturated carbocycles. The molecule has 110 valence electrons. The molecule has 1 aromatic rings. The second kappa shape index (κ2) is 7.64. The van der Waals surface area contributed by atoms with Gasteiger partial charge in [0.25, 0.3) is 0 Å². The molecule has 1 aliphatic heterocycles. The lowest BCUT2D eigenvalue weighted by Gasteiger charge is -2.31. The van der Waals surface area contributed by atoms with Crippen LogP contribution in [-0.4, -0.2) is 44.2 Å². The lowest BCUT2D eigenvalue weighted by molar-refractivity contribution is -0.142. The van der Waals surface area contributed by atoms with Crippen LogP contribution in [0.2, 0.25) is 0 Å². The highest BCUT2D eigenvalue weighted by molar-refractivity contribution is 9.10. The summed E-state index contributed by atoms with van der Waals surface area (Å²) in [6.45, 7) is 2.92. The summed E-state index contributed by atoms with van der Waals surface area (Å²) in [5.41, 5.74) is 0. The number of hydrogen-bond acceptors (Lipinski definition) is 4. The topological polar surface area (TPSA) is 38.8 Å². The van der Waals surface area contributed by atoms with Crippen LogP contribution in [-0.2, 0) is 9.53 Å². The van der Waals surface area contributed by atoms with Gasteiger partial charge in [0.1, 0.15) is 5.75 Å². The molecule has 0 amide bonds. The Morgan fingerprint density at radius 3 is 3.10 bits per heavy atom. The van der Waals surface area contributed by atoms with E-state index in [2.05, 4.69) is 20.8 Å². The summed E-state index contributed by atoms with van der Waals surface area (Å²) in [4.78, 5) is 13.4. The third-order valence-electron chi connectivity index (χ3n) is 3.47. The predicted octanol–water partition coefficient (Wildman–Crippen LogP) is 2.71. The Morgan fingerprint density at radius 2 is 2.35 bits per heavy atom. The minimum absolute atomic E-state index is 0.168. The molecule has 1 saturated heterocycles. The molecule has 0 radical (unpaired) electrons. The van der Waals surface area contributed by atoms with Crippen LogP contribution in [0, 0.1) is 5.92 Å². The first-order valence-electron chi connectivity index (χ1n) is 6.85. The smallest absolute Gasteiger partial charge is 0.319 e. The second-order valence-corrected chi connectivity index (χ2v) is 6.00. The van der Waals surface area contributed by atoms with E-state index in [9.17, 15) is 4.79 Å². The number of likely N-dealkylation sites (tertiary alicyclic amines) is 1. The fourth-order valence-electron chi connectivity index (χ4n) is 2.45. The fraction of sp³-hybridized carbons (Fsp3) is 0.533. The Balaban J connectivity index is 1.79. The Labute approximate surface area is 128 Å². The molecule has 2 rings (SSSR count). The quantitative estimate of drug-likeness (QED) is 0.772. The van der Waals surface area contributed by atoms with Crippen LogP contribution in [0.15, 0.2) is 28.7 Å². The van der Waals surface area contributed by atoms with Crippen molar-refractivity contribution in [2.45, 2.75) is 12.8 Å². The highest BCUT2D eigenvalue weighted by Crippen LogP contribution is 2.21. The van der Waals surface area contributed by atoms with E-state index in [0.29, 0.717) is 19.1 Å². The molecule has 5 heteroatoms. The molecule has 1 aliphatic rings. The van der Waals surface area contributed by atoms with Crippen LogP contribution in [0.25, 0.3) is 0 Å². The number of methoxy groups -OCH3 is 1. The number of ether oxygens (including phenoxy) is 2. The minimum atomic E-state index is -0.168. The lowest BCUT2D eigenvalue weighted by atomic mass is 9.99. The van der Waals surface area contributed by atoms with Crippen molar-refractivity contribution in [3.05, 3.63) is 28.7 Å². The first-order valence-corrected chi connectivity index (χ1v) is 7.64. The number of esters is 1. The van der Waals surface area contributed by atoms with Gasteiger partial charge in [0.15, 0.2) is 0 Å². The average Bonchev–Trinajstić information content (AvgIpc) is 2.45. The largest absolute Gasteiger partial charge is 0.493 e. The van der Waals surface area contributed by atoms with Gasteiger partial charge < -0.3 is 9.47 Å². The molecular weight excluding hydrogens is 322 g/mol. The van der Waals surface area contributed by atoms with Gasteiger partial charge in [-0.3, -0.25) is 9.69 Å². The Bertz CT molecular complexity index is 452. The van der Waals surface area contributed by atoms with Crippen LogP contribution in [0.5, 0.6) is 5.75 Å². The molecular formula is C15H20BrNO3. The summed E-state index contributed by atoms with van der Waals surface area (Å²) >= 11 is 3.43. The molecule has 0 aliphatic carbocycles. The van der Waals surface area contributed by atoms with Crippen LogP contribution in [0.3, 0.4) is 0 Å². The normalized spacial score (nSPS) is 19.6. The fourth-order valence-corrected chi connectivity index (χ4v) is 2.83. The number of rotatable bonds is 5. The van der Waals surface area contributed by atoms with Crippen molar-refractivity contribution in [3.8, 4) is 5.75 Å². The van der Waals surface area contributed by atoms with Crippen molar-refractivity contribution in [2.75, 3.05) is 33.4 Å². The van der Waals surface area contributed by atoms with Gasteiger partial charge in [0, 0.05) is 16.9 Å². The highest BCUT2D eigenvalue weighted by atomic mass is 79.9. The van der Waals surface area contributed by atoms with E-state index in [1.165, 1.54) is 7.11 Å². The molecule has 1 atom stereocenters. The molecule has 1 unspecified atom stereocenters. The second-order valence-electron chi connectivity index (χ2n) is 5.09. The monoisotopic (exact) mass is 341 g/mol. The maximum atomic E-state index is 11.3. The third-order valence-corrected chi connectivity index (χ3v) is 3.96. The summed E-state index contributed by atoms with van der Waals surface area (Å²) in [5.74, 6) is 1.18. The predicted molar refractivity (Wildman–Crippen MR) is 80.8 cm³/mol. The van der Waals surface area contributed by atoms with E-state index in [4.69, 9.17) is 9.47 Å². The number of nitrogens with zero attached hydrogens (tertiary/aromatic N) is 1. The van der Waals surface area contributed by atoms with Gasteiger partial charge in [0.2, 0.25) is 0 Å².